The number of alkyl carbamates (subject to hydrolysis) is 1. The van der Waals surface area contributed by atoms with Gasteiger partial charge in [-0.25, -0.2) is 4.79 Å². The smallest absolute Gasteiger partial charge is 0.407 e. The molecule has 3 rings (SSSR count). The Morgan fingerprint density at radius 3 is 2.68 bits per heavy atom. The van der Waals surface area contributed by atoms with Crippen molar-refractivity contribution >= 4 is 40.8 Å². The van der Waals surface area contributed by atoms with E-state index >= 15 is 0 Å². The number of ether oxygens (including phenoxy) is 2. The van der Waals surface area contributed by atoms with Crippen molar-refractivity contribution in [1.82, 2.24) is 10.6 Å². The van der Waals surface area contributed by atoms with E-state index in [1.54, 1.807) is 6.08 Å². The molecule has 2 saturated heterocycles. The van der Waals surface area contributed by atoms with Crippen molar-refractivity contribution < 1.29 is 23.9 Å². The summed E-state index contributed by atoms with van der Waals surface area (Å²) in [4.78, 5) is 38.2. The Hall–Kier alpha value is -2.68. The summed E-state index contributed by atoms with van der Waals surface area (Å²) in [5.74, 6) is 0.291. The number of anilines is 1. The largest absolute Gasteiger partial charge is 0.489 e. The normalized spacial score (nSPS) is 20.4. The number of imide groups is 1. The van der Waals surface area contributed by atoms with Crippen molar-refractivity contribution in [3.05, 3.63) is 28.7 Å². The lowest BCUT2D eigenvalue weighted by molar-refractivity contribution is -0.115. The maximum Gasteiger partial charge on any atom is 0.407 e. The summed E-state index contributed by atoms with van der Waals surface area (Å²) in [5.41, 5.74) is 1.06. The minimum absolute atomic E-state index is 0.0364. The zero-order valence-electron chi connectivity index (χ0n) is 18.5. The van der Waals surface area contributed by atoms with Crippen molar-refractivity contribution in [3.8, 4) is 5.75 Å². The highest BCUT2D eigenvalue weighted by atomic mass is 32.2. The van der Waals surface area contributed by atoms with Crippen LogP contribution in [0.25, 0.3) is 6.08 Å². The fourth-order valence-electron chi connectivity index (χ4n) is 3.46. The second-order valence-electron chi connectivity index (χ2n) is 8.79. The van der Waals surface area contributed by atoms with Gasteiger partial charge in [0.2, 0.25) is 0 Å². The van der Waals surface area contributed by atoms with Gasteiger partial charge in [-0.05, 0) is 64.9 Å². The number of amides is 3. The van der Waals surface area contributed by atoms with Crippen LogP contribution in [-0.2, 0) is 9.53 Å². The summed E-state index contributed by atoms with van der Waals surface area (Å²) in [6, 6.07) is 5.56. The summed E-state index contributed by atoms with van der Waals surface area (Å²) in [7, 11) is 0. The first-order valence-corrected chi connectivity index (χ1v) is 11.1. The van der Waals surface area contributed by atoms with Gasteiger partial charge in [-0.15, -0.1) is 0 Å². The van der Waals surface area contributed by atoms with Crippen LogP contribution in [0.3, 0.4) is 0 Å². The number of benzene rings is 1. The van der Waals surface area contributed by atoms with Gasteiger partial charge < -0.3 is 19.7 Å². The number of hydrogen-bond donors (Lipinski definition) is 2. The molecule has 1 unspecified atom stereocenters. The first-order chi connectivity index (χ1) is 14.5. The fraction of sp³-hybridized carbons (Fsp3) is 0.500. The Balaban J connectivity index is 1.85. The summed E-state index contributed by atoms with van der Waals surface area (Å²) in [6.45, 7) is 10.7. The molecule has 9 heteroatoms. The molecule has 1 atom stereocenters. The zero-order chi connectivity index (χ0) is 22.8. The first kappa shape index (κ1) is 23.0. The van der Waals surface area contributed by atoms with E-state index in [-0.39, 0.29) is 17.4 Å². The highest BCUT2D eigenvalue weighted by Crippen LogP contribution is 2.38. The van der Waals surface area contributed by atoms with Crippen LogP contribution in [0.15, 0.2) is 23.1 Å². The minimum Gasteiger partial charge on any atom is -0.489 e. The van der Waals surface area contributed by atoms with Crippen LogP contribution in [0.5, 0.6) is 5.75 Å². The van der Waals surface area contributed by atoms with Gasteiger partial charge in [0.25, 0.3) is 11.1 Å². The fourth-order valence-corrected chi connectivity index (χ4v) is 4.13. The van der Waals surface area contributed by atoms with E-state index in [1.807, 2.05) is 52.8 Å². The molecule has 0 aliphatic carbocycles. The molecule has 1 aromatic carbocycles. The molecule has 31 heavy (non-hydrogen) atoms. The van der Waals surface area contributed by atoms with Gasteiger partial charge in [-0.1, -0.05) is 12.1 Å². The van der Waals surface area contributed by atoms with E-state index < -0.39 is 17.6 Å². The van der Waals surface area contributed by atoms with Gasteiger partial charge >= 0.3 is 6.09 Å². The van der Waals surface area contributed by atoms with E-state index in [0.29, 0.717) is 23.7 Å². The molecule has 8 nitrogen and oxygen atoms in total. The molecule has 2 N–H and O–H groups in total. The van der Waals surface area contributed by atoms with Gasteiger partial charge in [-0.3, -0.25) is 14.9 Å². The Morgan fingerprint density at radius 2 is 2.06 bits per heavy atom. The lowest BCUT2D eigenvalue weighted by Gasteiger charge is -2.26. The van der Waals surface area contributed by atoms with Crippen molar-refractivity contribution in [2.24, 2.45) is 0 Å². The summed E-state index contributed by atoms with van der Waals surface area (Å²) < 4.78 is 11.4. The molecule has 2 fully saturated rings. The van der Waals surface area contributed by atoms with Gasteiger partial charge in [0.15, 0.2) is 0 Å². The Kier molecular flexibility index (Phi) is 6.83. The molecule has 2 aliphatic rings. The highest BCUT2D eigenvalue weighted by Gasteiger charge is 2.30. The first-order valence-electron chi connectivity index (χ1n) is 10.3. The molecular formula is C22H29N3O5S. The van der Waals surface area contributed by atoms with Crippen LogP contribution in [0.2, 0.25) is 0 Å². The summed E-state index contributed by atoms with van der Waals surface area (Å²) in [6.07, 6.45) is 1.98. The summed E-state index contributed by atoms with van der Waals surface area (Å²) >= 11 is 0.882. The molecule has 3 amide bonds. The molecule has 0 aromatic heterocycles. The SMILES string of the molecule is CC(C)Oc1cccc(/C=C2/SC(=O)NC2=O)c1N1CCC(NC(=O)OC(C)(C)C)C1. The number of hydrogen-bond acceptors (Lipinski definition) is 7. The third-order valence-electron chi connectivity index (χ3n) is 4.55. The minimum atomic E-state index is -0.559. The number of nitrogens with one attached hydrogen (secondary N) is 2. The molecule has 2 heterocycles. The quantitative estimate of drug-likeness (QED) is 0.661. The average molecular weight is 448 g/mol. The predicted molar refractivity (Wildman–Crippen MR) is 121 cm³/mol. The molecular weight excluding hydrogens is 418 g/mol. The Morgan fingerprint density at radius 1 is 1.32 bits per heavy atom. The van der Waals surface area contributed by atoms with Gasteiger partial charge in [-0.2, -0.15) is 0 Å². The molecule has 0 radical (unpaired) electrons. The molecule has 0 bridgehead atoms. The number of nitrogens with zero attached hydrogens (tertiary/aromatic N) is 1. The number of rotatable bonds is 5. The van der Waals surface area contributed by atoms with Crippen molar-refractivity contribution in [1.29, 1.82) is 0 Å². The summed E-state index contributed by atoms with van der Waals surface area (Å²) in [5, 5.41) is 4.83. The van der Waals surface area contributed by atoms with Crippen molar-refractivity contribution in [3.63, 3.8) is 0 Å². The topological polar surface area (TPSA) is 97.0 Å². The van der Waals surface area contributed by atoms with Crippen molar-refractivity contribution in [2.45, 2.75) is 58.8 Å². The molecule has 1 aromatic rings. The van der Waals surface area contributed by atoms with E-state index in [9.17, 15) is 14.4 Å². The highest BCUT2D eigenvalue weighted by molar-refractivity contribution is 8.18. The third-order valence-corrected chi connectivity index (χ3v) is 5.36. The monoisotopic (exact) mass is 447 g/mol. The third kappa shape index (κ3) is 6.16. The average Bonchev–Trinajstić information content (AvgIpc) is 3.19. The number of carbonyl (C=O) groups is 3. The van der Waals surface area contributed by atoms with Crippen molar-refractivity contribution in [2.75, 3.05) is 18.0 Å². The van der Waals surface area contributed by atoms with Crippen LogP contribution in [0, 0.1) is 0 Å². The predicted octanol–water partition coefficient (Wildman–Crippen LogP) is 3.90. The Labute approximate surface area is 186 Å². The standard InChI is InChI=1S/C22H29N3O5S/c1-13(2)29-16-8-6-7-14(11-17-19(26)24-21(28)31-17)18(16)25-10-9-15(12-25)23-20(27)30-22(3,4)5/h6-8,11,13,15H,9-10,12H2,1-5H3,(H,23,27)(H,24,26,28)/b17-11+. The number of thioether (sulfide) groups is 1. The van der Waals surface area contributed by atoms with Crippen LogP contribution in [0.1, 0.15) is 46.6 Å². The van der Waals surface area contributed by atoms with Gasteiger partial charge in [0.05, 0.1) is 22.7 Å². The molecule has 0 spiro atoms. The maximum atomic E-state index is 12.2. The van der Waals surface area contributed by atoms with Crippen LogP contribution >= 0.6 is 11.8 Å². The van der Waals surface area contributed by atoms with Crippen LogP contribution < -0.4 is 20.3 Å². The maximum absolute atomic E-state index is 12.2. The second kappa shape index (κ2) is 9.21. The van der Waals surface area contributed by atoms with E-state index in [2.05, 4.69) is 15.5 Å². The lowest BCUT2D eigenvalue weighted by atomic mass is 10.1. The van der Waals surface area contributed by atoms with E-state index in [0.717, 1.165) is 29.4 Å². The van der Waals surface area contributed by atoms with Crippen LogP contribution in [-0.4, -0.2) is 48.1 Å². The lowest BCUT2D eigenvalue weighted by Crippen LogP contribution is -2.40. The zero-order valence-corrected chi connectivity index (χ0v) is 19.3. The van der Waals surface area contributed by atoms with Crippen LogP contribution in [0.4, 0.5) is 15.3 Å². The number of carbonyl (C=O) groups excluding carboxylic acids is 3. The second-order valence-corrected chi connectivity index (χ2v) is 9.81. The Bertz CT molecular complexity index is 907. The van der Waals surface area contributed by atoms with Gasteiger partial charge in [0, 0.05) is 18.7 Å². The number of para-hydroxylation sites is 1. The van der Waals surface area contributed by atoms with Gasteiger partial charge in [0.1, 0.15) is 11.4 Å². The molecule has 2 aliphatic heterocycles. The van der Waals surface area contributed by atoms with E-state index in [1.165, 1.54) is 0 Å². The molecule has 0 saturated carbocycles. The molecule has 168 valence electrons. The van der Waals surface area contributed by atoms with E-state index in [4.69, 9.17) is 9.47 Å².